The summed E-state index contributed by atoms with van der Waals surface area (Å²) in [5, 5.41) is 2.62. The lowest BCUT2D eigenvalue weighted by molar-refractivity contribution is -0.0498. The highest BCUT2D eigenvalue weighted by Crippen LogP contribution is 2.28. The Hall–Kier alpha value is -3.28. The minimum Gasteiger partial charge on any atom is -0.435 e. The number of aromatic nitrogens is 2. The van der Waals surface area contributed by atoms with Gasteiger partial charge in [0.2, 0.25) is 0 Å². The van der Waals surface area contributed by atoms with Crippen LogP contribution in [0.3, 0.4) is 0 Å². The third kappa shape index (κ3) is 4.79. The molecule has 1 N–H and O–H groups in total. The molecule has 12 heteroatoms. The Balaban J connectivity index is 1.83. The van der Waals surface area contributed by atoms with Crippen molar-refractivity contribution in [2.24, 2.45) is 0 Å². The molecule has 4 rings (SSSR count). The smallest absolute Gasteiger partial charge is 0.387 e. The number of hydrogen-bond acceptors (Lipinski definition) is 5. The van der Waals surface area contributed by atoms with Crippen molar-refractivity contribution in [2.75, 3.05) is 11.5 Å². The van der Waals surface area contributed by atoms with Gasteiger partial charge in [0.25, 0.3) is 5.91 Å². The second kappa shape index (κ2) is 8.74. The molecule has 0 saturated carbocycles. The fraction of sp³-hybridized carbons (Fsp3) is 0.391. The summed E-state index contributed by atoms with van der Waals surface area (Å²) in [6.45, 7) is 1.99. The summed E-state index contributed by atoms with van der Waals surface area (Å²) in [6.07, 6.45) is 0.203. The van der Waals surface area contributed by atoms with Gasteiger partial charge in [-0.3, -0.25) is 13.9 Å². The first kappa shape index (κ1) is 24.8. The molecule has 3 aromatic rings. The summed E-state index contributed by atoms with van der Waals surface area (Å²) in [5.74, 6) is -2.22. The Labute approximate surface area is 199 Å². The van der Waals surface area contributed by atoms with Crippen LogP contribution < -0.4 is 15.7 Å². The maximum absolute atomic E-state index is 15.2. The van der Waals surface area contributed by atoms with Crippen molar-refractivity contribution in [1.29, 1.82) is 0 Å². The molecular weight excluding hydrogens is 487 g/mol. The van der Waals surface area contributed by atoms with E-state index < -0.39 is 39.4 Å². The van der Waals surface area contributed by atoms with Gasteiger partial charge < -0.3 is 10.1 Å². The minimum absolute atomic E-state index is 0.0740. The van der Waals surface area contributed by atoms with Crippen LogP contribution in [0.25, 0.3) is 16.7 Å². The highest BCUT2D eigenvalue weighted by Gasteiger charge is 2.40. The number of sulfone groups is 1. The molecule has 0 radical (unpaired) electrons. The quantitative estimate of drug-likeness (QED) is 0.547. The average molecular weight is 512 g/mol. The van der Waals surface area contributed by atoms with Crippen molar-refractivity contribution >= 4 is 26.8 Å². The van der Waals surface area contributed by atoms with E-state index in [0.29, 0.717) is 0 Å². The number of carbonyl (C=O) groups is 1. The minimum atomic E-state index is -3.30. The zero-order valence-electron chi connectivity index (χ0n) is 19.2. The lowest BCUT2D eigenvalue weighted by Crippen LogP contribution is -2.47. The van der Waals surface area contributed by atoms with Crippen molar-refractivity contribution in [3.8, 4) is 11.4 Å². The molecule has 188 valence electrons. The first-order valence-electron chi connectivity index (χ1n) is 10.8. The highest BCUT2D eigenvalue weighted by molar-refractivity contribution is 7.91. The number of amides is 1. The van der Waals surface area contributed by atoms with Crippen molar-refractivity contribution in [1.82, 2.24) is 14.5 Å². The van der Waals surface area contributed by atoms with Gasteiger partial charge in [0.1, 0.15) is 11.6 Å². The fourth-order valence-electron chi connectivity index (χ4n) is 4.41. The first-order chi connectivity index (χ1) is 16.3. The van der Waals surface area contributed by atoms with Gasteiger partial charge in [-0.25, -0.2) is 17.6 Å². The standard InChI is InChI=1S/C23H24F3N3O5S/c1-13(2)28-18-10-16(20(30)27-23(3)7-8-35(32,33)12-23)17(24)11-19(18)29(22(28)31)14-5-4-6-15(9-14)34-21(25)26/h4-6,9-11,13,21H,7-8,12H2,1-3H3,(H,27,30)/t23-/m1/s1. The van der Waals surface area contributed by atoms with Crippen LogP contribution in [-0.2, 0) is 9.84 Å². The van der Waals surface area contributed by atoms with Gasteiger partial charge in [-0.05, 0) is 45.4 Å². The number of rotatable bonds is 6. The summed E-state index contributed by atoms with van der Waals surface area (Å²) < 4.78 is 71.2. The molecule has 0 bridgehead atoms. The lowest BCUT2D eigenvalue weighted by atomic mass is 10.0. The van der Waals surface area contributed by atoms with Crippen molar-refractivity contribution in [3.63, 3.8) is 0 Å². The van der Waals surface area contributed by atoms with E-state index in [2.05, 4.69) is 10.1 Å². The molecule has 2 heterocycles. The van der Waals surface area contributed by atoms with E-state index in [4.69, 9.17) is 0 Å². The highest BCUT2D eigenvalue weighted by atomic mass is 32.2. The maximum atomic E-state index is 15.2. The molecule has 0 aliphatic carbocycles. The Morgan fingerprint density at radius 2 is 1.89 bits per heavy atom. The Bertz CT molecular complexity index is 1480. The van der Waals surface area contributed by atoms with Crippen LogP contribution in [-0.4, -0.2) is 47.1 Å². The SMILES string of the molecule is CC(C)n1c(=O)n(-c2cccc(OC(F)F)c2)c2cc(F)c(C(=O)N[C@]3(C)CCS(=O)(=O)C3)cc21. The normalized spacial score (nSPS) is 19.5. The number of nitrogens with zero attached hydrogens (tertiary/aromatic N) is 2. The number of fused-ring (bicyclic) bond motifs is 1. The van der Waals surface area contributed by atoms with Gasteiger partial charge in [0.15, 0.2) is 9.84 Å². The number of alkyl halides is 2. The predicted octanol–water partition coefficient (Wildman–Crippen LogP) is 3.42. The van der Waals surface area contributed by atoms with Crippen LogP contribution in [0.4, 0.5) is 13.2 Å². The third-order valence-electron chi connectivity index (χ3n) is 5.94. The van der Waals surface area contributed by atoms with Gasteiger partial charge in [0.05, 0.1) is 39.3 Å². The molecule has 1 amide bonds. The van der Waals surface area contributed by atoms with Gasteiger partial charge in [-0.2, -0.15) is 8.78 Å². The molecule has 0 spiro atoms. The number of ether oxygens (including phenoxy) is 1. The van der Waals surface area contributed by atoms with Crippen molar-refractivity contribution < 1.29 is 31.1 Å². The molecule has 1 atom stereocenters. The zero-order chi connectivity index (χ0) is 25.7. The van der Waals surface area contributed by atoms with E-state index in [1.165, 1.54) is 34.9 Å². The molecule has 8 nitrogen and oxygen atoms in total. The van der Waals surface area contributed by atoms with Crippen LogP contribution in [0.5, 0.6) is 5.75 Å². The summed E-state index contributed by atoms with van der Waals surface area (Å²) in [4.78, 5) is 26.2. The van der Waals surface area contributed by atoms with Gasteiger partial charge in [-0.15, -0.1) is 0 Å². The number of nitrogens with one attached hydrogen (secondary N) is 1. The maximum Gasteiger partial charge on any atom is 0.387 e. The molecule has 1 aliphatic rings. The zero-order valence-corrected chi connectivity index (χ0v) is 20.0. The molecule has 1 aliphatic heterocycles. The first-order valence-corrected chi connectivity index (χ1v) is 12.7. The van der Waals surface area contributed by atoms with Gasteiger partial charge in [-0.1, -0.05) is 6.07 Å². The molecule has 1 aromatic heterocycles. The van der Waals surface area contributed by atoms with E-state index in [-0.39, 0.29) is 52.0 Å². The Kier molecular flexibility index (Phi) is 6.20. The third-order valence-corrected chi connectivity index (χ3v) is 7.85. The van der Waals surface area contributed by atoms with E-state index in [1.807, 2.05) is 0 Å². The van der Waals surface area contributed by atoms with Crippen LogP contribution >= 0.6 is 0 Å². The number of imidazole rings is 1. The van der Waals surface area contributed by atoms with E-state index in [9.17, 15) is 26.8 Å². The monoisotopic (exact) mass is 511 g/mol. The van der Waals surface area contributed by atoms with Crippen molar-refractivity contribution in [2.45, 2.75) is 45.4 Å². The van der Waals surface area contributed by atoms with Crippen LogP contribution in [0.15, 0.2) is 41.2 Å². The van der Waals surface area contributed by atoms with Crippen LogP contribution in [0.2, 0.25) is 0 Å². The summed E-state index contributed by atoms with van der Waals surface area (Å²) >= 11 is 0. The molecule has 1 fully saturated rings. The molecule has 35 heavy (non-hydrogen) atoms. The van der Waals surface area contributed by atoms with Gasteiger partial charge >= 0.3 is 12.3 Å². The summed E-state index contributed by atoms with van der Waals surface area (Å²) in [5.41, 5.74) is -1.38. The topological polar surface area (TPSA) is 99.4 Å². The van der Waals surface area contributed by atoms with E-state index >= 15 is 4.39 Å². The largest absolute Gasteiger partial charge is 0.435 e. The number of benzene rings is 2. The van der Waals surface area contributed by atoms with Crippen LogP contribution in [0, 0.1) is 5.82 Å². The second-order valence-electron chi connectivity index (χ2n) is 9.14. The average Bonchev–Trinajstić information content (AvgIpc) is 3.17. The second-order valence-corrected chi connectivity index (χ2v) is 11.3. The summed E-state index contributed by atoms with van der Waals surface area (Å²) in [7, 11) is -3.30. The number of carbonyl (C=O) groups excluding carboxylic acids is 1. The lowest BCUT2D eigenvalue weighted by Gasteiger charge is -2.24. The van der Waals surface area contributed by atoms with Crippen LogP contribution in [0.1, 0.15) is 43.6 Å². The Morgan fingerprint density at radius 3 is 2.49 bits per heavy atom. The fourth-order valence-corrected chi connectivity index (χ4v) is 6.50. The van der Waals surface area contributed by atoms with E-state index in [1.54, 1.807) is 20.8 Å². The number of hydrogen-bond donors (Lipinski definition) is 1. The number of halogens is 3. The molecule has 1 saturated heterocycles. The van der Waals surface area contributed by atoms with Crippen molar-refractivity contribution in [3.05, 3.63) is 58.3 Å². The molecule has 2 aromatic carbocycles. The van der Waals surface area contributed by atoms with Gasteiger partial charge in [0, 0.05) is 18.2 Å². The van der Waals surface area contributed by atoms with E-state index in [0.717, 1.165) is 10.6 Å². The molecule has 0 unspecified atom stereocenters. The summed E-state index contributed by atoms with van der Waals surface area (Å²) in [6, 6.07) is 7.33. The molecular formula is C23H24F3N3O5S. The Morgan fingerprint density at radius 1 is 1.17 bits per heavy atom. The predicted molar refractivity (Wildman–Crippen MR) is 124 cm³/mol.